The number of hydrogen-bond donors (Lipinski definition) is 2. The number of phenols is 1. The van der Waals surface area contributed by atoms with Crippen molar-refractivity contribution in [3.8, 4) is 5.75 Å². The van der Waals surface area contributed by atoms with Gasteiger partial charge in [0.2, 0.25) is 0 Å². The van der Waals surface area contributed by atoms with Gasteiger partial charge < -0.3 is 10.8 Å². The van der Waals surface area contributed by atoms with Crippen LogP contribution in [-0.2, 0) is 5.54 Å². The molecule has 0 unspecified atom stereocenters. The zero-order chi connectivity index (χ0) is 9.64. The lowest BCUT2D eigenvalue weighted by Gasteiger charge is -2.13. The van der Waals surface area contributed by atoms with Crippen molar-refractivity contribution in [2.45, 2.75) is 25.3 Å². The lowest BCUT2D eigenvalue weighted by atomic mass is 10.0. The SMILES string of the molecule is Cc1cc(Br)cc(C2(N)CC2)c1O. The van der Waals surface area contributed by atoms with E-state index in [9.17, 15) is 5.11 Å². The van der Waals surface area contributed by atoms with E-state index in [4.69, 9.17) is 5.73 Å². The summed E-state index contributed by atoms with van der Waals surface area (Å²) in [6.45, 7) is 1.88. The Morgan fingerprint density at radius 1 is 1.46 bits per heavy atom. The molecule has 0 atom stereocenters. The molecule has 0 heterocycles. The Bertz CT molecular complexity index is 358. The lowest BCUT2D eigenvalue weighted by Crippen LogP contribution is -2.19. The zero-order valence-electron chi connectivity index (χ0n) is 7.47. The Labute approximate surface area is 85.9 Å². The molecular weight excluding hydrogens is 230 g/mol. The Hall–Kier alpha value is -0.540. The van der Waals surface area contributed by atoms with Gasteiger partial charge in [-0.05, 0) is 37.5 Å². The molecule has 3 N–H and O–H groups in total. The van der Waals surface area contributed by atoms with Crippen molar-refractivity contribution >= 4 is 15.9 Å². The molecule has 0 aromatic heterocycles. The highest BCUT2D eigenvalue weighted by Gasteiger charge is 2.42. The predicted octanol–water partition coefficient (Wildman–Crippen LogP) is 2.41. The third-order valence-electron chi connectivity index (χ3n) is 2.59. The number of phenolic OH excluding ortho intramolecular Hbond substituents is 1. The summed E-state index contributed by atoms with van der Waals surface area (Å²) in [5, 5.41) is 9.80. The molecule has 0 spiro atoms. The smallest absolute Gasteiger partial charge is 0.123 e. The summed E-state index contributed by atoms with van der Waals surface area (Å²) in [4.78, 5) is 0. The lowest BCUT2D eigenvalue weighted by molar-refractivity contribution is 0.455. The number of nitrogens with two attached hydrogens (primary N) is 1. The van der Waals surface area contributed by atoms with Crippen molar-refractivity contribution in [3.05, 3.63) is 27.7 Å². The zero-order valence-corrected chi connectivity index (χ0v) is 9.06. The first-order chi connectivity index (χ1) is 6.03. The van der Waals surface area contributed by atoms with Gasteiger partial charge in [0.05, 0.1) is 0 Å². The maximum Gasteiger partial charge on any atom is 0.123 e. The summed E-state index contributed by atoms with van der Waals surface area (Å²) in [5.74, 6) is 0.350. The standard InChI is InChI=1S/C10H12BrNO/c1-6-4-7(11)5-8(9(6)13)10(12)2-3-10/h4-5,13H,2-3,12H2,1H3. The van der Waals surface area contributed by atoms with Gasteiger partial charge in [-0.2, -0.15) is 0 Å². The van der Waals surface area contributed by atoms with Crippen LogP contribution in [0.4, 0.5) is 0 Å². The van der Waals surface area contributed by atoms with Gasteiger partial charge >= 0.3 is 0 Å². The molecule has 0 amide bonds. The number of halogens is 1. The van der Waals surface area contributed by atoms with Gasteiger partial charge in [-0.1, -0.05) is 15.9 Å². The van der Waals surface area contributed by atoms with Crippen LogP contribution in [0.15, 0.2) is 16.6 Å². The van der Waals surface area contributed by atoms with E-state index in [1.165, 1.54) is 0 Å². The fourth-order valence-corrected chi connectivity index (χ4v) is 2.09. The van der Waals surface area contributed by atoms with E-state index in [2.05, 4.69) is 15.9 Å². The van der Waals surface area contributed by atoms with E-state index < -0.39 is 0 Å². The Balaban J connectivity index is 2.56. The van der Waals surface area contributed by atoms with Gasteiger partial charge in [0.15, 0.2) is 0 Å². The highest BCUT2D eigenvalue weighted by Crippen LogP contribution is 2.47. The number of aryl methyl sites for hydroxylation is 1. The Morgan fingerprint density at radius 2 is 2.08 bits per heavy atom. The fraction of sp³-hybridized carbons (Fsp3) is 0.400. The minimum atomic E-state index is -0.265. The molecule has 0 radical (unpaired) electrons. The quantitative estimate of drug-likeness (QED) is 0.794. The van der Waals surface area contributed by atoms with Crippen LogP contribution in [0.2, 0.25) is 0 Å². The van der Waals surface area contributed by atoms with Crippen LogP contribution in [0.1, 0.15) is 24.0 Å². The molecule has 0 aliphatic heterocycles. The summed E-state index contributed by atoms with van der Waals surface area (Å²) in [5.41, 5.74) is 7.51. The third-order valence-corrected chi connectivity index (χ3v) is 3.05. The molecule has 2 nitrogen and oxygen atoms in total. The molecular formula is C10H12BrNO. The van der Waals surface area contributed by atoms with E-state index in [1.54, 1.807) is 0 Å². The maximum absolute atomic E-state index is 9.80. The second kappa shape index (κ2) is 2.72. The number of aromatic hydroxyl groups is 1. The van der Waals surface area contributed by atoms with Crippen LogP contribution in [0.3, 0.4) is 0 Å². The average Bonchev–Trinajstić information content (AvgIpc) is 2.77. The van der Waals surface area contributed by atoms with Crippen LogP contribution in [0.25, 0.3) is 0 Å². The van der Waals surface area contributed by atoms with E-state index in [1.807, 2.05) is 19.1 Å². The van der Waals surface area contributed by atoms with E-state index in [-0.39, 0.29) is 5.54 Å². The molecule has 1 aliphatic carbocycles. The van der Waals surface area contributed by atoms with E-state index in [0.29, 0.717) is 5.75 Å². The first-order valence-corrected chi connectivity index (χ1v) is 5.11. The summed E-state index contributed by atoms with van der Waals surface area (Å²) in [6.07, 6.45) is 1.94. The molecule has 0 bridgehead atoms. The van der Waals surface area contributed by atoms with E-state index in [0.717, 1.165) is 28.4 Å². The van der Waals surface area contributed by atoms with Crippen LogP contribution in [0, 0.1) is 6.92 Å². The second-order valence-electron chi connectivity index (χ2n) is 3.77. The normalized spacial score (nSPS) is 18.7. The Morgan fingerprint density at radius 3 is 2.62 bits per heavy atom. The topological polar surface area (TPSA) is 46.2 Å². The highest BCUT2D eigenvalue weighted by atomic mass is 79.9. The van der Waals surface area contributed by atoms with Crippen molar-refractivity contribution < 1.29 is 5.11 Å². The van der Waals surface area contributed by atoms with Crippen molar-refractivity contribution in [2.75, 3.05) is 0 Å². The Kier molecular flexibility index (Phi) is 1.89. The number of rotatable bonds is 1. The molecule has 13 heavy (non-hydrogen) atoms. The van der Waals surface area contributed by atoms with Gasteiger partial charge in [0, 0.05) is 15.6 Å². The van der Waals surface area contributed by atoms with Gasteiger partial charge in [-0.3, -0.25) is 0 Å². The predicted molar refractivity (Wildman–Crippen MR) is 55.6 cm³/mol. The van der Waals surface area contributed by atoms with Gasteiger partial charge in [0.1, 0.15) is 5.75 Å². The molecule has 1 aromatic carbocycles. The van der Waals surface area contributed by atoms with Crippen LogP contribution < -0.4 is 5.73 Å². The highest BCUT2D eigenvalue weighted by molar-refractivity contribution is 9.10. The summed E-state index contributed by atoms with van der Waals surface area (Å²) in [7, 11) is 0. The van der Waals surface area contributed by atoms with Crippen molar-refractivity contribution in [1.29, 1.82) is 0 Å². The molecule has 70 valence electrons. The second-order valence-corrected chi connectivity index (χ2v) is 4.69. The monoisotopic (exact) mass is 241 g/mol. The largest absolute Gasteiger partial charge is 0.507 e. The molecule has 1 aromatic rings. The van der Waals surface area contributed by atoms with Gasteiger partial charge in [-0.15, -0.1) is 0 Å². The minimum absolute atomic E-state index is 0.265. The summed E-state index contributed by atoms with van der Waals surface area (Å²) in [6, 6.07) is 3.81. The van der Waals surface area contributed by atoms with Gasteiger partial charge in [0.25, 0.3) is 0 Å². The average molecular weight is 242 g/mol. The van der Waals surface area contributed by atoms with Gasteiger partial charge in [-0.25, -0.2) is 0 Å². The first kappa shape index (κ1) is 9.03. The maximum atomic E-state index is 9.80. The molecule has 1 aliphatic rings. The number of benzene rings is 1. The molecule has 3 heteroatoms. The van der Waals surface area contributed by atoms with Crippen LogP contribution in [-0.4, -0.2) is 5.11 Å². The summed E-state index contributed by atoms with van der Waals surface area (Å²) >= 11 is 3.40. The third kappa shape index (κ3) is 1.46. The molecule has 2 rings (SSSR count). The van der Waals surface area contributed by atoms with Crippen molar-refractivity contribution in [1.82, 2.24) is 0 Å². The minimum Gasteiger partial charge on any atom is -0.507 e. The molecule has 1 fully saturated rings. The molecule has 1 saturated carbocycles. The van der Waals surface area contributed by atoms with Crippen LogP contribution >= 0.6 is 15.9 Å². The number of hydrogen-bond acceptors (Lipinski definition) is 2. The van der Waals surface area contributed by atoms with E-state index >= 15 is 0 Å². The van der Waals surface area contributed by atoms with Crippen molar-refractivity contribution in [2.24, 2.45) is 5.73 Å². The van der Waals surface area contributed by atoms with Crippen molar-refractivity contribution in [3.63, 3.8) is 0 Å². The fourth-order valence-electron chi connectivity index (χ4n) is 1.52. The first-order valence-electron chi connectivity index (χ1n) is 4.31. The van der Waals surface area contributed by atoms with Crippen LogP contribution in [0.5, 0.6) is 5.75 Å². The summed E-state index contributed by atoms with van der Waals surface area (Å²) < 4.78 is 0.981. The molecule has 0 saturated heterocycles.